The molecule has 3 nitrogen and oxygen atoms in total. The van der Waals surface area contributed by atoms with E-state index in [-0.39, 0.29) is 12.6 Å². The molecule has 0 aliphatic rings. The molecule has 14 heavy (non-hydrogen) atoms. The normalized spacial score (nSPS) is 9.21. The summed E-state index contributed by atoms with van der Waals surface area (Å²) in [4.78, 5) is 11.2. The largest absolute Gasteiger partial charge is 0.449 e. The molecule has 0 saturated heterocycles. The molecule has 0 radical (unpaired) electrons. The van der Waals surface area contributed by atoms with Crippen molar-refractivity contribution in [3.63, 3.8) is 0 Å². The van der Waals surface area contributed by atoms with E-state index in [1.165, 1.54) is 16.0 Å². The van der Waals surface area contributed by atoms with Gasteiger partial charge < -0.3 is 4.74 Å². The summed E-state index contributed by atoms with van der Waals surface area (Å²) in [6.45, 7) is 2.92. The fourth-order valence-corrected chi connectivity index (χ4v) is 1.24. The molecule has 80 valence electrons. The third kappa shape index (κ3) is 7.01. The van der Waals surface area contributed by atoms with Crippen LogP contribution in [0, 0.1) is 12.3 Å². The van der Waals surface area contributed by atoms with Crippen molar-refractivity contribution < 1.29 is 9.53 Å². The molecule has 0 fully saturated rings. The van der Waals surface area contributed by atoms with E-state index in [1.54, 1.807) is 0 Å². The van der Waals surface area contributed by atoms with Gasteiger partial charge in [-0.2, -0.15) is 0 Å². The van der Waals surface area contributed by atoms with Crippen molar-refractivity contribution in [3.05, 3.63) is 0 Å². The summed E-state index contributed by atoms with van der Waals surface area (Å²) in [5.41, 5.74) is 0. The summed E-state index contributed by atoms with van der Waals surface area (Å²) in [6.07, 6.45) is 9.13. The Hall–Kier alpha value is -0.440. The number of rotatable bonds is 6. The van der Waals surface area contributed by atoms with Gasteiger partial charge in [-0.25, -0.2) is 7.91 Å². The second-order valence-corrected chi connectivity index (χ2v) is 4.06. The summed E-state index contributed by atoms with van der Waals surface area (Å²) >= 11 is 1.85. The predicted octanol–water partition coefficient (Wildman–Crippen LogP) is 2.99. The lowest BCUT2D eigenvalue weighted by atomic mass is 10.2. The van der Waals surface area contributed by atoms with Gasteiger partial charge in [0.25, 0.3) is 0 Å². The summed E-state index contributed by atoms with van der Waals surface area (Å²) in [5, 5.41) is 0. The Bertz CT molecular complexity index is 201. The van der Waals surface area contributed by atoms with Gasteiger partial charge in [0.15, 0.2) is 0 Å². The van der Waals surface area contributed by atoms with Crippen molar-refractivity contribution >= 4 is 29.0 Å². The van der Waals surface area contributed by atoms with Crippen molar-refractivity contribution in [3.8, 4) is 12.3 Å². The van der Waals surface area contributed by atoms with E-state index in [2.05, 4.69) is 12.8 Å². The minimum atomic E-state index is -0.347. The van der Waals surface area contributed by atoms with E-state index in [0.717, 1.165) is 12.8 Å². The first-order chi connectivity index (χ1) is 6.72. The van der Waals surface area contributed by atoms with Crippen LogP contribution < -0.4 is 0 Å². The molecule has 4 heteroatoms. The van der Waals surface area contributed by atoms with Crippen LogP contribution in [0.15, 0.2) is 0 Å². The number of terminal acetylenes is 1. The maximum absolute atomic E-state index is 11.2. The zero-order chi connectivity index (χ0) is 10.8. The lowest BCUT2D eigenvalue weighted by Crippen LogP contribution is -2.22. The van der Waals surface area contributed by atoms with E-state index < -0.39 is 0 Å². The average Bonchev–Trinajstić information content (AvgIpc) is 2.17. The molecule has 0 bridgehead atoms. The van der Waals surface area contributed by atoms with Gasteiger partial charge in [-0.05, 0) is 6.42 Å². The molecular weight excluding hydrogens is 293 g/mol. The van der Waals surface area contributed by atoms with Gasteiger partial charge in [0.05, 0.1) is 36.0 Å². The van der Waals surface area contributed by atoms with Crippen LogP contribution in [-0.2, 0) is 4.74 Å². The van der Waals surface area contributed by atoms with Gasteiger partial charge in [0.2, 0.25) is 0 Å². The van der Waals surface area contributed by atoms with Gasteiger partial charge in [0.1, 0.15) is 0 Å². The van der Waals surface area contributed by atoms with Crippen LogP contribution in [0.1, 0.15) is 32.6 Å². The third-order valence-corrected chi connectivity index (χ3v) is 2.39. The zero-order valence-corrected chi connectivity index (χ0v) is 10.6. The lowest BCUT2D eigenvalue weighted by Gasteiger charge is -2.11. The molecule has 0 unspecified atom stereocenters. The van der Waals surface area contributed by atoms with Gasteiger partial charge in [0, 0.05) is 0 Å². The maximum Gasteiger partial charge on any atom is 0.419 e. The van der Waals surface area contributed by atoms with E-state index in [0.29, 0.717) is 6.61 Å². The molecule has 0 aromatic rings. The predicted molar refractivity (Wildman–Crippen MR) is 65.0 cm³/mol. The van der Waals surface area contributed by atoms with E-state index in [1.807, 2.05) is 22.9 Å². The minimum Gasteiger partial charge on any atom is -0.449 e. The van der Waals surface area contributed by atoms with Gasteiger partial charge >= 0.3 is 6.09 Å². The molecule has 0 aliphatic carbocycles. The van der Waals surface area contributed by atoms with Gasteiger partial charge in [-0.3, -0.25) is 0 Å². The first-order valence-corrected chi connectivity index (χ1v) is 5.72. The highest BCUT2D eigenvalue weighted by Gasteiger charge is 2.09. The van der Waals surface area contributed by atoms with Crippen molar-refractivity contribution in [2.24, 2.45) is 0 Å². The van der Waals surface area contributed by atoms with E-state index >= 15 is 0 Å². The Kier molecular flexibility index (Phi) is 8.84. The Balaban J connectivity index is 3.40. The van der Waals surface area contributed by atoms with Gasteiger partial charge in [-0.15, -0.1) is 6.42 Å². The molecule has 0 aromatic carbocycles. The Morgan fingerprint density at radius 3 is 2.79 bits per heavy atom. The van der Waals surface area contributed by atoms with Crippen molar-refractivity contribution in [1.29, 1.82) is 0 Å². The second kappa shape index (κ2) is 9.13. The summed E-state index contributed by atoms with van der Waals surface area (Å²) < 4.78 is 6.35. The van der Waals surface area contributed by atoms with Gasteiger partial charge in [-0.1, -0.05) is 32.1 Å². The molecule has 0 rings (SSSR count). The number of hydrogen-bond acceptors (Lipinski definition) is 2. The Morgan fingerprint density at radius 1 is 1.50 bits per heavy atom. The number of unbranched alkanes of at least 4 members (excludes halogenated alkanes) is 3. The Labute approximate surface area is 99.7 Å². The number of halogens is 1. The highest BCUT2D eigenvalue weighted by atomic mass is 127. The number of ether oxygens (including phenoxy) is 1. The van der Waals surface area contributed by atoms with Crippen molar-refractivity contribution in [1.82, 2.24) is 3.11 Å². The molecular formula is C10H16INO2. The zero-order valence-electron chi connectivity index (χ0n) is 8.46. The first kappa shape index (κ1) is 13.6. The molecule has 1 amide bonds. The van der Waals surface area contributed by atoms with Crippen LogP contribution in [0.3, 0.4) is 0 Å². The number of carbonyl (C=O) groups excluding carboxylic acids is 1. The minimum absolute atomic E-state index is 0.286. The summed E-state index contributed by atoms with van der Waals surface area (Å²) in [7, 11) is 0. The smallest absolute Gasteiger partial charge is 0.419 e. The third-order valence-electron chi connectivity index (χ3n) is 1.65. The van der Waals surface area contributed by atoms with Crippen LogP contribution >= 0.6 is 22.9 Å². The highest BCUT2D eigenvalue weighted by molar-refractivity contribution is 14.1. The topological polar surface area (TPSA) is 29.5 Å². The van der Waals surface area contributed by atoms with E-state index in [9.17, 15) is 4.79 Å². The van der Waals surface area contributed by atoms with Crippen LogP contribution in [0.25, 0.3) is 0 Å². The summed E-state index contributed by atoms with van der Waals surface area (Å²) in [5.74, 6) is 2.38. The molecule has 0 aromatic heterocycles. The van der Waals surface area contributed by atoms with Crippen LogP contribution in [-0.4, -0.2) is 22.4 Å². The lowest BCUT2D eigenvalue weighted by molar-refractivity contribution is 0.132. The van der Waals surface area contributed by atoms with Crippen molar-refractivity contribution in [2.45, 2.75) is 32.6 Å². The summed E-state index contributed by atoms with van der Waals surface area (Å²) in [6, 6.07) is 0. The van der Waals surface area contributed by atoms with Crippen LogP contribution in [0.2, 0.25) is 0 Å². The quantitative estimate of drug-likeness (QED) is 0.327. The standard InChI is InChI=1S/C10H16INO2/c1-3-5-6-7-9-14-10(13)12(11)8-4-2/h2H,3,5-9H2,1H3. The average molecular weight is 309 g/mol. The molecule has 0 heterocycles. The molecule has 0 saturated carbocycles. The Morgan fingerprint density at radius 2 is 2.21 bits per heavy atom. The number of nitrogens with zero attached hydrogens (tertiary/aromatic N) is 1. The van der Waals surface area contributed by atoms with Crippen molar-refractivity contribution in [2.75, 3.05) is 13.2 Å². The fraction of sp³-hybridized carbons (Fsp3) is 0.700. The second-order valence-electron chi connectivity index (χ2n) is 2.90. The molecule has 0 atom stereocenters. The van der Waals surface area contributed by atoms with Crippen LogP contribution in [0.4, 0.5) is 4.79 Å². The number of hydrogen-bond donors (Lipinski definition) is 0. The molecule has 0 N–H and O–H groups in total. The van der Waals surface area contributed by atoms with E-state index in [4.69, 9.17) is 11.2 Å². The molecule has 0 aliphatic heterocycles. The van der Waals surface area contributed by atoms with Crippen LogP contribution in [0.5, 0.6) is 0 Å². The maximum atomic E-state index is 11.2. The first-order valence-electron chi connectivity index (χ1n) is 4.76. The fourth-order valence-electron chi connectivity index (χ4n) is 0.903. The molecule has 0 spiro atoms. The monoisotopic (exact) mass is 309 g/mol. The highest BCUT2D eigenvalue weighted by Crippen LogP contribution is 2.04. The number of carbonyl (C=O) groups is 1. The SMILES string of the molecule is C#CCN(I)C(=O)OCCCCCC. The number of amides is 1.